The molecule has 2 heterocycles. The number of hydrogen-bond acceptors (Lipinski definition) is 16. The first-order chi connectivity index (χ1) is 29.0. The largest absolute Gasteiger partial charge is 0.467 e. The smallest absolute Gasteiger partial charge is 0.408 e. The second kappa shape index (κ2) is 15.9. The minimum Gasteiger partial charge on any atom is -0.467 e. The molecule has 0 spiro atoms. The molecular weight excluding hydrogens is 810 g/mol. The maximum atomic E-state index is 15.6. The van der Waals surface area contributed by atoms with Crippen LogP contribution in [0, 0.1) is 22.7 Å². The number of benzene rings is 1. The van der Waals surface area contributed by atoms with Crippen molar-refractivity contribution in [3.8, 4) is 0 Å². The number of rotatable bonds is 10. The molecule has 17 nitrogen and oxygen atoms in total. The fraction of sp³-hybridized carbons (Fsp3) is 0.600. The number of Topliss-reactive ketones (excluding diaryl/α,β-unsaturated/α-hetero) is 1. The van der Waals surface area contributed by atoms with Gasteiger partial charge in [0.1, 0.15) is 41.3 Å². The zero-order chi connectivity index (χ0) is 45.3. The van der Waals surface area contributed by atoms with Crippen molar-refractivity contribution < 1.29 is 76.9 Å². The lowest BCUT2D eigenvalue weighted by molar-refractivity contribution is -0.346. The molecule has 5 aliphatic rings. The fourth-order valence-electron chi connectivity index (χ4n) is 9.89. The number of esters is 4. The van der Waals surface area contributed by atoms with Crippen LogP contribution in [-0.4, -0.2) is 111 Å². The highest BCUT2D eigenvalue weighted by atomic mass is 16.6. The van der Waals surface area contributed by atoms with Crippen LogP contribution >= 0.6 is 0 Å². The SMILES string of the molecule is CC(=O)OC1C(=O)C2(C)C(O)CC3OCC3(OC(=O)C3CC3)C2C(OC(=O)c2ccccc2)C2(O)CC(OC(=O)C(O)C(NC(=O)OC(C)(C)C)c3ccco3)C(C)=C1C2(C)C. The Morgan fingerprint density at radius 3 is 2.21 bits per heavy atom. The number of aliphatic hydroxyl groups is 3. The molecule has 11 unspecified atom stereocenters. The number of hydrogen-bond donors (Lipinski definition) is 4. The normalized spacial score (nSPS) is 33.4. The minimum atomic E-state index is -2.40. The summed E-state index contributed by atoms with van der Waals surface area (Å²) in [6, 6.07) is 9.20. The van der Waals surface area contributed by atoms with Crippen molar-refractivity contribution in [3.63, 3.8) is 0 Å². The van der Waals surface area contributed by atoms with E-state index in [1.165, 1.54) is 44.4 Å². The van der Waals surface area contributed by atoms with Crippen LogP contribution in [0.3, 0.4) is 0 Å². The number of aliphatic hydroxyl groups excluding tert-OH is 2. The van der Waals surface area contributed by atoms with Gasteiger partial charge in [-0.2, -0.15) is 0 Å². The van der Waals surface area contributed by atoms with E-state index in [9.17, 15) is 39.3 Å². The van der Waals surface area contributed by atoms with Crippen LogP contribution in [0.25, 0.3) is 0 Å². The number of carbonyl (C=O) groups is 6. The number of ether oxygens (including phenoxy) is 6. The lowest BCUT2D eigenvalue weighted by Gasteiger charge is -2.67. The Labute approximate surface area is 358 Å². The molecule has 1 saturated heterocycles. The van der Waals surface area contributed by atoms with Crippen molar-refractivity contribution in [2.45, 2.75) is 141 Å². The number of carbonyl (C=O) groups excluding carboxylic acids is 6. The standard InChI is InChI=1S/C45H55NO16/c1-22-27(59-39(53)32(49)31(26-15-12-18-56-26)46-40(54)62-41(3,4)5)20-45(55)36(60-37(51)24-13-10-9-11-14-24)34-43(8,35(50)33(58-23(2)47)30(22)42(45,6)7)28(48)19-29-44(34,21-57-29)61-38(52)25-16-17-25/h9-15,18,25,27-29,31-34,36,48-49,55H,16-17,19-21H2,1-8H3,(H,46,54). The Morgan fingerprint density at radius 1 is 0.968 bits per heavy atom. The van der Waals surface area contributed by atoms with Crippen molar-refractivity contribution in [2.24, 2.45) is 22.7 Å². The highest BCUT2D eigenvalue weighted by Crippen LogP contribution is 2.64. The molecule has 1 aliphatic heterocycles. The van der Waals surface area contributed by atoms with E-state index >= 15 is 4.79 Å². The number of fused-ring (bicyclic) bond motifs is 5. The molecule has 4 N–H and O–H groups in total. The van der Waals surface area contributed by atoms with Gasteiger partial charge in [0.15, 0.2) is 23.6 Å². The molecule has 4 aliphatic carbocycles. The number of amides is 1. The van der Waals surface area contributed by atoms with E-state index in [4.69, 9.17) is 32.8 Å². The van der Waals surface area contributed by atoms with Gasteiger partial charge >= 0.3 is 30.0 Å². The Bertz CT molecular complexity index is 2140. The Morgan fingerprint density at radius 2 is 1.65 bits per heavy atom. The van der Waals surface area contributed by atoms with E-state index < -0.39 is 124 Å². The maximum absolute atomic E-state index is 15.6. The highest BCUT2D eigenvalue weighted by Gasteiger charge is 2.78. The monoisotopic (exact) mass is 865 g/mol. The predicted octanol–water partition coefficient (Wildman–Crippen LogP) is 3.81. The number of alkyl carbamates (subject to hydrolysis) is 1. The zero-order valence-corrected chi connectivity index (χ0v) is 36.0. The number of nitrogens with one attached hydrogen (secondary N) is 1. The van der Waals surface area contributed by atoms with E-state index in [1.807, 2.05) is 0 Å². The van der Waals surface area contributed by atoms with E-state index in [0.717, 1.165) is 6.92 Å². The first kappa shape index (κ1) is 44.9. The average molecular weight is 866 g/mol. The van der Waals surface area contributed by atoms with Crippen molar-refractivity contribution in [2.75, 3.05) is 6.61 Å². The summed E-state index contributed by atoms with van der Waals surface area (Å²) in [4.78, 5) is 83.7. The molecule has 2 aromatic rings. The van der Waals surface area contributed by atoms with Crippen LogP contribution in [-0.2, 0) is 47.6 Å². The van der Waals surface area contributed by atoms with Gasteiger partial charge in [-0.05, 0) is 82.9 Å². The second-order valence-corrected chi connectivity index (χ2v) is 18.9. The van der Waals surface area contributed by atoms with Gasteiger partial charge in [-0.25, -0.2) is 14.4 Å². The van der Waals surface area contributed by atoms with Gasteiger partial charge < -0.3 is 53.5 Å². The molecule has 11 atom stereocenters. The lowest BCUT2D eigenvalue weighted by atomic mass is 9.44. The van der Waals surface area contributed by atoms with Crippen molar-refractivity contribution in [3.05, 3.63) is 71.2 Å². The third-order valence-electron chi connectivity index (χ3n) is 13.4. The van der Waals surface area contributed by atoms with Crippen LogP contribution in [0.4, 0.5) is 4.79 Å². The summed E-state index contributed by atoms with van der Waals surface area (Å²) in [6.07, 6.45) is -9.27. The average Bonchev–Trinajstić information content (AvgIpc) is 3.91. The Kier molecular flexibility index (Phi) is 11.5. The molecule has 4 fully saturated rings. The molecule has 1 aromatic carbocycles. The summed E-state index contributed by atoms with van der Waals surface area (Å²) in [5.74, 6) is -6.60. The highest BCUT2D eigenvalue weighted by molar-refractivity contribution is 5.95. The quantitative estimate of drug-likeness (QED) is 0.151. The van der Waals surface area contributed by atoms with Gasteiger partial charge in [0.05, 0.1) is 41.8 Å². The predicted molar refractivity (Wildman–Crippen MR) is 212 cm³/mol. The summed E-state index contributed by atoms with van der Waals surface area (Å²) in [5, 5.41) is 39.9. The lowest BCUT2D eigenvalue weighted by Crippen LogP contribution is -2.82. The molecule has 336 valence electrons. The van der Waals surface area contributed by atoms with E-state index in [-0.39, 0.29) is 35.5 Å². The first-order valence-electron chi connectivity index (χ1n) is 20.8. The summed E-state index contributed by atoms with van der Waals surface area (Å²) in [7, 11) is 0. The molecule has 3 saturated carbocycles. The van der Waals surface area contributed by atoms with Gasteiger partial charge in [-0.3, -0.25) is 14.4 Å². The summed E-state index contributed by atoms with van der Waals surface area (Å²) in [5.41, 5.74) is -8.64. The van der Waals surface area contributed by atoms with Gasteiger partial charge in [0, 0.05) is 25.2 Å². The maximum Gasteiger partial charge on any atom is 0.408 e. The van der Waals surface area contributed by atoms with Crippen LogP contribution < -0.4 is 5.32 Å². The Balaban J connectivity index is 1.39. The molecule has 7 rings (SSSR count). The molecule has 0 radical (unpaired) electrons. The van der Waals surface area contributed by atoms with Crippen LogP contribution in [0.2, 0.25) is 0 Å². The minimum absolute atomic E-state index is 0.0168. The van der Waals surface area contributed by atoms with E-state index in [2.05, 4.69) is 5.32 Å². The van der Waals surface area contributed by atoms with Gasteiger partial charge in [0.2, 0.25) is 0 Å². The molecule has 1 amide bonds. The number of furan rings is 1. The van der Waals surface area contributed by atoms with Crippen molar-refractivity contribution in [1.82, 2.24) is 5.32 Å². The Hall–Kier alpha value is -5.10. The molecule has 62 heavy (non-hydrogen) atoms. The summed E-state index contributed by atoms with van der Waals surface area (Å²) in [6.45, 7) is 11.7. The third-order valence-corrected chi connectivity index (χ3v) is 13.4. The zero-order valence-electron chi connectivity index (χ0n) is 36.0. The van der Waals surface area contributed by atoms with E-state index in [1.54, 1.807) is 52.8 Å². The second-order valence-electron chi connectivity index (χ2n) is 18.9. The third kappa shape index (κ3) is 7.60. The first-order valence-corrected chi connectivity index (χ1v) is 20.8. The molecular formula is C45H55NO16. The van der Waals surface area contributed by atoms with E-state index in [0.29, 0.717) is 12.8 Å². The molecule has 17 heteroatoms. The summed E-state index contributed by atoms with van der Waals surface area (Å²) < 4.78 is 41.4. The number of ketones is 1. The van der Waals surface area contributed by atoms with Crippen molar-refractivity contribution >= 4 is 35.8 Å². The van der Waals surface area contributed by atoms with Crippen molar-refractivity contribution in [1.29, 1.82) is 0 Å². The van der Waals surface area contributed by atoms with Gasteiger partial charge in [-0.15, -0.1) is 0 Å². The molecule has 1 aromatic heterocycles. The van der Waals surface area contributed by atoms with Crippen LogP contribution in [0.15, 0.2) is 64.3 Å². The van der Waals surface area contributed by atoms with Gasteiger partial charge in [0.25, 0.3) is 0 Å². The summed E-state index contributed by atoms with van der Waals surface area (Å²) >= 11 is 0. The fourth-order valence-corrected chi connectivity index (χ4v) is 9.89. The van der Waals surface area contributed by atoms with Crippen LogP contribution in [0.5, 0.6) is 0 Å². The van der Waals surface area contributed by atoms with Gasteiger partial charge in [-0.1, -0.05) is 32.0 Å². The van der Waals surface area contributed by atoms with Crippen LogP contribution in [0.1, 0.15) is 103 Å². The topological polar surface area (TPSA) is 244 Å². The molecule has 2 bridgehead atoms.